The van der Waals surface area contributed by atoms with Crippen molar-refractivity contribution in [3.05, 3.63) is 29.3 Å². The molecule has 0 aromatic heterocycles. The van der Waals surface area contributed by atoms with Crippen molar-refractivity contribution in [2.45, 2.75) is 32.4 Å². The van der Waals surface area contributed by atoms with E-state index in [4.69, 9.17) is 5.73 Å². The molecule has 0 aliphatic carbocycles. The number of benzene rings is 1. The average molecular weight is 195 g/mol. The Labute approximate surface area is 84.2 Å². The fraction of sp³-hybridized carbons (Fsp3) is 0.455. The van der Waals surface area contributed by atoms with Crippen molar-refractivity contribution in [3.63, 3.8) is 0 Å². The molecule has 0 fully saturated rings. The van der Waals surface area contributed by atoms with Crippen molar-refractivity contribution >= 4 is 0 Å². The van der Waals surface area contributed by atoms with E-state index in [0.29, 0.717) is 6.42 Å². The van der Waals surface area contributed by atoms with E-state index in [9.17, 15) is 10.2 Å². The maximum Gasteiger partial charge on any atom is 0.119 e. The highest BCUT2D eigenvalue weighted by molar-refractivity contribution is 5.41. The number of nitrogens with two attached hydrogens (primary N) is 1. The molecule has 1 rings (SSSR count). The summed E-state index contributed by atoms with van der Waals surface area (Å²) in [6.45, 7) is 3.60. The topological polar surface area (TPSA) is 66.5 Å². The van der Waals surface area contributed by atoms with Gasteiger partial charge in [-0.25, -0.2) is 0 Å². The predicted molar refractivity (Wildman–Crippen MR) is 56.1 cm³/mol. The number of hydrogen-bond donors (Lipinski definition) is 3. The summed E-state index contributed by atoms with van der Waals surface area (Å²) in [6.07, 6.45) is 0.102. The van der Waals surface area contributed by atoms with Crippen LogP contribution in [0.15, 0.2) is 18.2 Å². The molecule has 0 unspecified atom stereocenters. The Hall–Kier alpha value is -1.06. The summed E-state index contributed by atoms with van der Waals surface area (Å²) in [6, 6.07) is 4.79. The first kappa shape index (κ1) is 11.0. The largest absolute Gasteiger partial charge is 0.508 e. The summed E-state index contributed by atoms with van der Waals surface area (Å²) in [4.78, 5) is 0. The number of phenols is 1. The van der Waals surface area contributed by atoms with Gasteiger partial charge in [-0.1, -0.05) is 19.1 Å². The molecule has 3 heteroatoms. The van der Waals surface area contributed by atoms with Crippen LogP contribution in [0.25, 0.3) is 0 Å². The summed E-state index contributed by atoms with van der Waals surface area (Å²) >= 11 is 0. The molecule has 0 aliphatic heterocycles. The van der Waals surface area contributed by atoms with Crippen LogP contribution >= 0.6 is 0 Å². The second-order valence-corrected chi connectivity index (χ2v) is 3.46. The first-order valence-corrected chi connectivity index (χ1v) is 4.82. The van der Waals surface area contributed by atoms with Gasteiger partial charge < -0.3 is 15.9 Å². The lowest BCUT2D eigenvalue weighted by Gasteiger charge is -2.19. The van der Waals surface area contributed by atoms with E-state index in [1.807, 2.05) is 13.0 Å². The maximum atomic E-state index is 9.58. The lowest BCUT2D eigenvalue weighted by molar-refractivity contribution is 0.164. The van der Waals surface area contributed by atoms with E-state index in [-0.39, 0.29) is 5.75 Å². The van der Waals surface area contributed by atoms with Crippen molar-refractivity contribution in [1.82, 2.24) is 0 Å². The molecule has 4 N–H and O–H groups in total. The molecular weight excluding hydrogens is 178 g/mol. The third-order valence-electron chi connectivity index (χ3n) is 2.42. The van der Waals surface area contributed by atoms with Crippen LogP contribution < -0.4 is 5.73 Å². The third kappa shape index (κ3) is 2.05. The normalized spacial score (nSPS) is 15.1. The molecule has 0 aliphatic rings. The van der Waals surface area contributed by atoms with Crippen LogP contribution in [0.2, 0.25) is 0 Å². The second kappa shape index (κ2) is 4.44. The first-order chi connectivity index (χ1) is 6.57. The summed E-state index contributed by atoms with van der Waals surface area (Å²) in [5, 5.41) is 19.0. The molecule has 0 radical (unpaired) electrons. The summed E-state index contributed by atoms with van der Waals surface area (Å²) in [5.41, 5.74) is 7.46. The van der Waals surface area contributed by atoms with E-state index in [1.165, 1.54) is 0 Å². The third-order valence-corrected chi connectivity index (χ3v) is 2.42. The van der Waals surface area contributed by atoms with Gasteiger partial charge in [-0.3, -0.25) is 0 Å². The highest BCUT2D eigenvalue weighted by atomic mass is 16.3. The summed E-state index contributed by atoms with van der Waals surface area (Å²) < 4.78 is 0. The molecule has 1 aromatic carbocycles. The number of aliphatic hydroxyl groups is 1. The van der Waals surface area contributed by atoms with Gasteiger partial charge in [0.1, 0.15) is 5.75 Å². The molecule has 0 spiro atoms. The Morgan fingerprint density at radius 1 is 1.43 bits per heavy atom. The first-order valence-electron chi connectivity index (χ1n) is 4.82. The van der Waals surface area contributed by atoms with Gasteiger partial charge in [0, 0.05) is 0 Å². The molecule has 14 heavy (non-hydrogen) atoms. The highest BCUT2D eigenvalue weighted by Gasteiger charge is 2.16. The molecule has 2 atom stereocenters. The molecular formula is C11H17NO2. The van der Waals surface area contributed by atoms with Gasteiger partial charge in [0.05, 0.1) is 12.1 Å². The highest BCUT2D eigenvalue weighted by Crippen LogP contribution is 2.26. The zero-order chi connectivity index (χ0) is 10.7. The standard InChI is InChI=1S/C11H17NO2/c1-3-8-9(11(12)7(2)13)5-4-6-10(8)14/h4-7,11,13-14H,3,12H2,1-2H3/t7-,11+/m0/s1. The number of aromatic hydroxyl groups is 1. The van der Waals surface area contributed by atoms with Gasteiger partial charge in [0.2, 0.25) is 0 Å². The van der Waals surface area contributed by atoms with Crippen molar-refractivity contribution in [1.29, 1.82) is 0 Å². The van der Waals surface area contributed by atoms with Gasteiger partial charge in [0.25, 0.3) is 0 Å². The average Bonchev–Trinajstić information content (AvgIpc) is 2.16. The maximum absolute atomic E-state index is 9.58. The minimum absolute atomic E-state index is 0.251. The Bertz CT molecular complexity index is 310. The van der Waals surface area contributed by atoms with Crippen LogP contribution in [0.3, 0.4) is 0 Å². The summed E-state index contributed by atoms with van der Waals surface area (Å²) in [7, 11) is 0. The van der Waals surface area contributed by atoms with Gasteiger partial charge in [0.15, 0.2) is 0 Å². The predicted octanol–water partition coefficient (Wildman–Crippen LogP) is 1.34. The van der Waals surface area contributed by atoms with E-state index in [2.05, 4.69) is 0 Å². The van der Waals surface area contributed by atoms with Crippen LogP contribution in [-0.2, 0) is 6.42 Å². The number of phenolic OH excluding ortho intramolecular Hbond substituents is 1. The fourth-order valence-corrected chi connectivity index (χ4v) is 1.55. The van der Waals surface area contributed by atoms with Gasteiger partial charge in [-0.15, -0.1) is 0 Å². The van der Waals surface area contributed by atoms with Crippen molar-refractivity contribution in [2.24, 2.45) is 5.73 Å². The van der Waals surface area contributed by atoms with Crippen LogP contribution in [0.5, 0.6) is 5.75 Å². The van der Waals surface area contributed by atoms with Crippen molar-refractivity contribution in [2.75, 3.05) is 0 Å². The molecule has 0 heterocycles. The van der Waals surface area contributed by atoms with Gasteiger partial charge in [-0.05, 0) is 30.5 Å². The molecule has 78 valence electrons. The van der Waals surface area contributed by atoms with Crippen LogP contribution in [0, 0.1) is 0 Å². The molecule has 3 nitrogen and oxygen atoms in total. The fourth-order valence-electron chi connectivity index (χ4n) is 1.55. The van der Waals surface area contributed by atoms with Crippen molar-refractivity contribution in [3.8, 4) is 5.75 Å². The Kier molecular flexibility index (Phi) is 3.49. The van der Waals surface area contributed by atoms with Gasteiger partial charge in [-0.2, -0.15) is 0 Å². The molecule has 0 amide bonds. The number of aliphatic hydroxyl groups excluding tert-OH is 1. The quantitative estimate of drug-likeness (QED) is 0.681. The second-order valence-electron chi connectivity index (χ2n) is 3.46. The lowest BCUT2D eigenvalue weighted by Crippen LogP contribution is -2.24. The Morgan fingerprint density at radius 3 is 2.57 bits per heavy atom. The SMILES string of the molecule is CCc1c(O)cccc1[C@H](N)[C@H](C)O. The van der Waals surface area contributed by atoms with Crippen LogP contribution in [0.1, 0.15) is 31.0 Å². The Balaban J connectivity index is 3.13. The zero-order valence-electron chi connectivity index (χ0n) is 8.57. The Morgan fingerprint density at radius 2 is 2.07 bits per heavy atom. The summed E-state index contributed by atoms with van der Waals surface area (Å²) in [5.74, 6) is 0.251. The van der Waals surface area contributed by atoms with E-state index < -0.39 is 12.1 Å². The smallest absolute Gasteiger partial charge is 0.119 e. The molecule has 0 bridgehead atoms. The number of hydrogen-bond acceptors (Lipinski definition) is 3. The zero-order valence-corrected chi connectivity index (χ0v) is 8.57. The lowest BCUT2D eigenvalue weighted by atomic mass is 9.95. The van der Waals surface area contributed by atoms with Gasteiger partial charge >= 0.3 is 0 Å². The minimum atomic E-state index is -0.609. The van der Waals surface area contributed by atoms with E-state index in [1.54, 1.807) is 19.1 Å². The van der Waals surface area contributed by atoms with Crippen LogP contribution in [0.4, 0.5) is 0 Å². The van der Waals surface area contributed by atoms with E-state index >= 15 is 0 Å². The number of rotatable bonds is 3. The molecule has 0 saturated carbocycles. The molecule has 1 aromatic rings. The van der Waals surface area contributed by atoms with Crippen LogP contribution in [-0.4, -0.2) is 16.3 Å². The minimum Gasteiger partial charge on any atom is -0.508 e. The molecule has 0 saturated heterocycles. The van der Waals surface area contributed by atoms with Crippen molar-refractivity contribution < 1.29 is 10.2 Å². The monoisotopic (exact) mass is 195 g/mol. The van der Waals surface area contributed by atoms with E-state index in [0.717, 1.165) is 11.1 Å².